The summed E-state index contributed by atoms with van der Waals surface area (Å²) in [7, 11) is 0. The van der Waals surface area contributed by atoms with E-state index in [0.717, 1.165) is 11.4 Å². The first kappa shape index (κ1) is 10.3. The van der Waals surface area contributed by atoms with E-state index in [4.69, 9.17) is 5.26 Å². The number of aromatic nitrogens is 2. The van der Waals surface area contributed by atoms with E-state index in [2.05, 4.69) is 15.5 Å². The fraction of sp³-hybridized carbons (Fsp3) is 0.444. The third kappa shape index (κ3) is 1.91. The van der Waals surface area contributed by atoms with E-state index in [-0.39, 0.29) is 5.91 Å². The van der Waals surface area contributed by atoms with Crippen LogP contribution < -0.4 is 5.32 Å². The molecule has 0 bridgehead atoms. The minimum absolute atomic E-state index is 0.305. The molecule has 0 aliphatic heterocycles. The highest BCUT2D eigenvalue weighted by atomic mass is 16.1. The number of carbonyl (C=O) groups is 1. The normalized spacial score (nSPS) is 11.9. The Balaban J connectivity index is 2.80. The highest BCUT2D eigenvalue weighted by Crippen LogP contribution is 2.16. The van der Waals surface area contributed by atoms with Crippen molar-refractivity contribution in [1.29, 1.82) is 5.26 Å². The molecule has 0 radical (unpaired) electrons. The van der Waals surface area contributed by atoms with Gasteiger partial charge >= 0.3 is 0 Å². The van der Waals surface area contributed by atoms with Gasteiger partial charge in [-0.1, -0.05) is 0 Å². The van der Waals surface area contributed by atoms with Crippen molar-refractivity contribution >= 4 is 11.6 Å². The van der Waals surface area contributed by atoms with Gasteiger partial charge in [-0.2, -0.15) is 10.4 Å². The van der Waals surface area contributed by atoms with Crippen LogP contribution in [0.15, 0.2) is 0 Å². The summed E-state index contributed by atoms with van der Waals surface area (Å²) in [5.41, 5.74) is 2.18. The SMILES string of the molecule is Cc1n[nH]c(C)c1NC(=O)C(C)C#N. The Hall–Kier alpha value is -1.83. The van der Waals surface area contributed by atoms with Crippen molar-refractivity contribution < 1.29 is 4.79 Å². The summed E-state index contributed by atoms with van der Waals surface area (Å²) in [6.07, 6.45) is 0. The second kappa shape index (κ2) is 3.92. The van der Waals surface area contributed by atoms with E-state index in [9.17, 15) is 4.79 Å². The highest BCUT2D eigenvalue weighted by Gasteiger charge is 2.15. The minimum atomic E-state index is -0.649. The fourth-order valence-corrected chi connectivity index (χ4v) is 1.03. The zero-order valence-electron chi connectivity index (χ0n) is 8.38. The van der Waals surface area contributed by atoms with Gasteiger partial charge in [0.2, 0.25) is 5.91 Å². The third-order valence-electron chi connectivity index (χ3n) is 1.96. The molecule has 1 amide bonds. The molecule has 74 valence electrons. The van der Waals surface area contributed by atoms with Crippen LogP contribution in [0.25, 0.3) is 0 Å². The molecule has 5 nitrogen and oxygen atoms in total. The molecule has 1 unspecified atom stereocenters. The quantitative estimate of drug-likeness (QED) is 0.736. The van der Waals surface area contributed by atoms with E-state index in [1.807, 2.05) is 13.0 Å². The highest BCUT2D eigenvalue weighted by molar-refractivity contribution is 5.94. The molecule has 14 heavy (non-hydrogen) atoms. The molecule has 1 atom stereocenters. The second-order valence-corrected chi connectivity index (χ2v) is 3.15. The van der Waals surface area contributed by atoms with Gasteiger partial charge < -0.3 is 5.32 Å². The minimum Gasteiger partial charge on any atom is -0.322 e. The Morgan fingerprint density at radius 3 is 2.71 bits per heavy atom. The number of aryl methyl sites for hydroxylation is 2. The van der Waals surface area contributed by atoms with E-state index in [0.29, 0.717) is 5.69 Å². The molecule has 1 rings (SSSR count). The van der Waals surface area contributed by atoms with Crippen molar-refractivity contribution in [3.05, 3.63) is 11.4 Å². The van der Waals surface area contributed by atoms with Gasteiger partial charge in [-0.3, -0.25) is 9.89 Å². The molecule has 5 heteroatoms. The summed E-state index contributed by atoms with van der Waals surface area (Å²) in [5, 5.41) is 17.9. The summed E-state index contributed by atoms with van der Waals surface area (Å²) >= 11 is 0. The number of amides is 1. The van der Waals surface area contributed by atoms with Crippen molar-refractivity contribution in [2.45, 2.75) is 20.8 Å². The number of anilines is 1. The molecule has 0 aromatic carbocycles. The van der Waals surface area contributed by atoms with Gasteiger partial charge in [-0.05, 0) is 20.8 Å². The van der Waals surface area contributed by atoms with Crippen molar-refractivity contribution in [2.75, 3.05) is 5.32 Å². The zero-order chi connectivity index (χ0) is 10.7. The lowest BCUT2D eigenvalue weighted by molar-refractivity contribution is -0.117. The number of hydrogen-bond donors (Lipinski definition) is 2. The van der Waals surface area contributed by atoms with Crippen LogP contribution in [0.4, 0.5) is 5.69 Å². The van der Waals surface area contributed by atoms with Crippen LogP contribution in [0.2, 0.25) is 0 Å². The van der Waals surface area contributed by atoms with Crippen LogP contribution >= 0.6 is 0 Å². The summed E-state index contributed by atoms with van der Waals surface area (Å²) in [4.78, 5) is 11.4. The van der Waals surface area contributed by atoms with Gasteiger partial charge in [-0.25, -0.2) is 0 Å². The van der Waals surface area contributed by atoms with Gasteiger partial charge in [0.15, 0.2) is 0 Å². The number of H-pyrrole nitrogens is 1. The number of nitrogens with zero attached hydrogens (tertiary/aromatic N) is 2. The number of nitrogens with one attached hydrogen (secondary N) is 2. The van der Waals surface area contributed by atoms with Crippen LogP contribution in [0.3, 0.4) is 0 Å². The Bertz CT molecular complexity index is 369. The monoisotopic (exact) mass is 192 g/mol. The summed E-state index contributed by atoms with van der Waals surface area (Å²) in [6, 6.07) is 1.87. The standard InChI is InChI=1S/C9H12N4O/c1-5(4-10)9(14)11-8-6(2)12-13-7(8)3/h5H,1-3H3,(H,11,14)(H,12,13). The molecule has 1 aromatic heterocycles. The third-order valence-corrected chi connectivity index (χ3v) is 1.96. The average molecular weight is 192 g/mol. The Labute approximate surface area is 82.1 Å². The lowest BCUT2D eigenvalue weighted by Gasteiger charge is -2.05. The average Bonchev–Trinajstić information content (AvgIpc) is 2.48. The van der Waals surface area contributed by atoms with E-state index < -0.39 is 5.92 Å². The van der Waals surface area contributed by atoms with E-state index >= 15 is 0 Å². The smallest absolute Gasteiger partial charge is 0.241 e. The maximum atomic E-state index is 11.4. The number of rotatable bonds is 2. The van der Waals surface area contributed by atoms with Gasteiger partial charge in [0.05, 0.1) is 23.1 Å². The maximum absolute atomic E-state index is 11.4. The van der Waals surface area contributed by atoms with Crippen LogP contribution in [0, 0.1) is 31.1 Å². The van der Waals surface area contributed by atoms with Crippen LogP contribution in [0.5, 0.6) is 0 Å². The van der Waals surface area contributed by atoms with Crippen molar-refractivity contribution in [3.8, 4) is 6.07 Å². The van der Waals surface area contributed by atoms with Gasteiger partial charge in [0, 0.05) is 0 Å². The number of nitriles is 1. The van der Waals surface area contributed by atoms with E-state index in [1.165, 1.54) is 0 Å². The predicted molar refractivity (Wildman–Crippen MR) is 51.5 cm³/mol. The molecule has 1 aromatic rings. The number of aromatic amines is 1. The molecule has 0 aliphatic rings. The topological polar surface area (TPSA) is 81.6 Å². The lowest BCUT2D eigenvalue weighted by Crippen LogP contribution is -2.19. The fourth-order valence-electron chi connectivity index (χ4n) is 1.03. The maximum Gasteiger partial charge on any atom is 0.241 e. The molecule has 0 aliphatic carbocycles. The van der Waals surface area contributed by atoms with Crippen LogP contribution in [0.1, 0.15) is 18.3 Å². The molecular weight excluding hydrogens is 180 g/mol. The van der Waals surface area contributed by atoms with E-state index in [1.54, 1.807) is 13.8 Å². The first-order valence-corrected chi connectivity index (χ1v) is 4.28. The molecule has 0 spiro atoms. The molecule has 0 saturated heterocycles. The first-order valence-electron chi connectivity index (χ1n) is 4.28. The largest absolute Gasteiger partial charge is 0.322 e. The van der Waals surface area contributed by atoms with Gasteiger partial charge in [-0.15, -0.1) is 0 Å². The molecule has 0 fully saturated rings. The molecule has 1 heterocycles. The summed E-state index contributed by atoms with van der Waals surface area (Å²) in [5.74, 6) is -0.955. The molecule has 2 N–H and O–H groups in total. The van der Waals surface area contributed by atoms with Crippen molar-refractivity contribution in [3.63, 3.8) is 0 Å². The number of hydrogen-bond acceptors (Lipinski definition) is 3. The van der Waals surface area contributed by atoms with Gasteiger partial charge in [0.1, 0.15) is 5.92 Å². The molecule has 0 saturated carbocycles. The molecular formula is C9H12N4O. The Morgan fingerprint density at radius 2 is 2.29 bits per heavy atom. The Kier molecular flexibility index (Phi) is 2.87. The lowest BCUT2D eigenvalue weighted by atomic mass is 10.2. The van der Waals surface area contributed by atoms with Gasteiger partial charge in [0.25, 0.3) is 0 Å². The Morgan fingerprint density at radius 1 is 1.64 bits per heavy atom. The summed E-state index contributed by atoms with van der Waals surface area (Å²) in [6.45, 7) is 5.16. The summed E-state index contributed by atoms with van der Waals surface area (Å²) < 4.78 is 0. The second-order valence-electron chi connectivity index (χ2n) is 3.15. The predicted octanol–water partition coefficient (Wildman–Crippen LogP) is 1.12. The van der Waals surface area contributed by atoms with Crippen molar-refractivity contribution in [2.24, 2.45) is 5.92 Å². The van der Waals surface area contributed by atoms with Crippen LogP contribution in [-0.2, 0) is 4.79 Å². The zero-order valence-corrected chi connectivity index (χ0v) is 8.38. The van der Waals surface area contributed by atoms with Crippen LogP contribution in [-0.4, -0.2) is 16.1 Å². The number of carbonyl (C=O) groups excluding carboxylic acids is 1. The first-order chi connectivity index (χ1) is 6.56. The van der Waals surface area contributed by atoms with Crippen molar-refractivity contribution in [1.82, 2.24) is 10.2 Å².